The van der Waals surface area contributed by atoms with E-state index in [4.69, 9.17) is 11.6 Å². The molecule has 0 fully saturated rings. The van der Waals surface area contributed by atoms with Gasteiger partial charge in [0.05, 0.1) is 6.04 Å². The van der Waals surface area contributed by atoms with E-state index in [2.05, 4.69) is 27.4 Å². The first-order valence-electron chi connectivity index (χ1n) is 6.48. The van der Waals surface area contributed by atoms with E-state index < -0.39 is 0 Å². The van der Waals surface area contributed by atoms with Crippen LogP contribution in [0.4, 0.5) is 0 Å². The monoisotopic (exact) mass is 289 g/mol. The lowest BCUT2D eigenvalue weighted by Gasteiger charge is -2.12. The predicted molar refractivity (Wildman–Crippen MR) is 79.6 cm³/mol. The van der Waals surface area contributed by atoms with Crippen LogP contribution in [0.2, 0.25) is 5.02 Å². The Morgan fingerprint density at radius 3 is 3.05 bits per heavy atom. The molecular weight excluding hydrogens is 274 g/mol. The molecule has 0 aliphatic rings. The van der Waals surface area contributed by atoms with Gasteiger partial charge in [0, 0.05) is 35.7 Å². The lowest BCUT2D eigenvalue weighted by atomic mass is 10.1. The third kappa shape index (κ3) is 2.42. The third-order valence-electron chi connectivity index (χ3n) is 3.46. The highest BCUT2D eigenvalue weighted by Crippen LogP contribution is 2.22. The molecule has 0 amide bonds. The van der Waals surface area contributed by atoms with Crippen LogP contribution in [0.3, 0.4) is 0 Å². The summed E-state index contributed by atoms with van der Waals surface area (Å²) in [4.78, 5) is 3.24. The molecule has 0 aliphatic heterocycles. The van der Waals surface area contributed by atoms with E-state index in [9.17, 15) is 0 Å². The summed E-state index contributed by atoms with van der Waals surface area (Å²) in [6, 6.07) is 6.03. The molecule has 2 N–H and O–H groups in total. The van der Waals surface area contributed by atoms with E-state index in [-0.39, 0.29) is 6.04 Å². The number of halogens is 1. The summed E-state index contributed by atoms with van der Waals surface area (Å²) < 4.78 is 1.92. The number of benzene rings is 1. The number of hydrogen-bond donors (Lipinski definition) is 2. The average molecular weight is 290 g/mol. The number of fused-ring (bicyclic) bond motifs is 1. The van der Waals surface area contributed by atoms with E-state index in [1.807, 2.05) is 36.0 Å². The number of nitrogens with one attached hydrogen (secondary N) is 2. The topological polar surface area (TPSA) is 58.5 Å². The van der Waals surface area contributed by atoms with Gasteiger partial charge in [0.2, 0.25) is 0 Å². The van der Waals surface area contributed by atoms with Gasteiger partial charge in [0.15, 0.2) is 0 Å². The Morgan fingerprint density at radius 2 is 2.30 bits per heavy atom. The molecule has 0 aliphatic carbocycles. The van der Waals surface area contributed by atoms with Crippen LogP contribution >= 0.6 is 11.6 Å². The molecule has 1 aromatic carbocycles. The van der Waals surface area contributed by atoms with Crippen molar-refractivity contribution in [1.82, 2.24) is 25.1 Å². The van der Waals surface area contributed by atoms with E-state index in [1.54, 1.807) is 6.33 Å². The Morgan fingerprint density at radius 1 is 1.45 bits per heavy atom. The zero-order chi connectivity index (χ0) is 14.1. The first kappa shape index (κ1) is 13.1. The van der Waals surface area contributed by atoms with Gasteiger partial charge in [-0.3, -0.25) is 0 Å². The summed E-state index contributed by atoms with van der Waals surface area (Å²) in [5.74, 6) is 0.924. The first-order chi connectivity index (χ1) is 9.65. The molecule has 1 unspecified atom stereocenters. The molecule has 0 saturated heterocycles. The van der Waals surface area contributed by atoms with E-state index in [0.717, 1.165) is 22.9 Å². The molecule has 0 spiro atoms. The normalized spacial score (nSPS) is 12.9. The fraction of sp³-hybridized carbons (Fsp3) is 0.286. The summed E-state index contributed by atoms with van der Waals surface area (Å²) in [6.45, 7) is 2.84. The van der Waals surface area contributed by atoms with Gasteiger partial charge in [-0.15, -0.1) is 10.2 Å². The van der Waals surface area contributed by atoms with Crippen LogP contribution in [0.25, 0.3) is 10.9 Å². The Hall–Kier alpha value is -1.85. The number of rotatable bonds is 4. The highest BCUT2D eigenvalue weighted by molar-refractivity contribution is 6.31. The molecule has 3 aromatic rings. The number of nitrogens with zero attached hydrogens (tertiary/aromatic N) is 3. The molecular formula is C14H16ClN5. The Labute approximate surface area is 122 Å². The van der Waals surface area contributed by atoms with Gasteiger partial charge in [0.25, 0.3) is 0 Å². The number of aromatic nitrogens is 4. The highest BCUT2D eigenvalue weighted by atomic mass is 35.5. The van der Waals surface area contributed by atoms with Crippen molar-refractivity contribution in [1.29, 1.82) is 0 Å². The number of H-pyrrole nitrogens is 1. The van der Waals surface area contributed by atoms with Crippen LogP contribution in [0.1, 0.15) is 24.4 Å². The second-order valence-electron chi connectivity index (χ2n) is 4.91. The molecule has 2 heterocycles. The molecule has 3 rings (SSSR count). The molecule has 0 radical (unpaired) electrons. The van der Waals surface area contributed by atoms with E-state index in [0.29, 0.717) is 0 Å². The van der Waals surface area contributed by atoms with Gasteiger partial charge >= 0.3 is 0 Å². The van der Waals surface area contributed by atoms with Crippen molar-refractivity contribution in [2.75, 3.05) is 0 Å². The smallest absolute Gasteiger partial charge is 0.149 e. The molecule has 0 bridgehead atoms. The minimum Gasteiger partial charge on any atom is -0.361 e. The van der Waals surface area contributed by atoms with Crippen LogP contribution in [0.15, 0.2) is 30.7 Å². The molecule has 5 nitrogen and oxygen atoms in total. The Balaban J connectivity index is 1.76. The van der Waals surface area contributed by atoms with Gasteiger partial charge in [-0.1, -0.05) is 17.7 Å². The van der Waals surface area contributed by atoms with Crippen LogP contribution < -0.4 is 5.32 Å². The summed E-state index contributed by atoms with van der Waals surface area (Å²) >= 11 is 5.99. The van der Waals surface area contributed by atoms with Crippen LogP contribution in [0, 0.1) is 0 Å². The standard InChI is InChI=1S/C14H16ClN5/c1-9(14-19-18-8-20(14)2)16-6-10-7-17-13-5-11(15)3-4-12(10)13/h3-5,7-9,16-17H,6H2,1-2H3. The maximum absolute atomic E-state index is 5.99. The van der Waals surface area contributed by atoms with E-state index in [1.165, 1.54) is 10.9 Å². The van der Waals surface area contributed by atoms with Crippen molar-refractivity contribution in [2.45, 2.75) is 19.5 Å². The number of hydrogen-bond acceptors (Lipinski definition) is 3. The first-order valence-corrected chi connectivity index (χ1v) is 6.85. The highest BCUT2D eigenvalue weighted by Gasteiger charge is 2.11. The molecule has 1 atom stereocenters. The number of aromatic amines is 1. The van der Waals surface area contributed by atoms with Gasteiger partial charge in [0.1, 0.15) is 12.2 Å². The predicted octanol–water partition coefficient (Wildman–Crippen LogP) is 2.80. The van der Waals surface area contributed by atoms with Crippen LogP contribution in [0.5, 0.6) is 0 Å². The van der Waals surface area contributed by atoms with Crippen LogP contribution in [-0.4, -0.2) is 19.7 Å². The maximum atomic E-state index is 5.99. The Bertz CT molecular complexity index is 730. The van der Waals surface area contributed by atoms with Crippen molar-refractivity contribution in [2.24, 2.45) is 7.05 Å². The molecule has 0 saturated carbocycles. The summed E-state index contributed by atoms with van der Waals surface area (Å²) in [7, 11) is 1.95. The van der Waals surface area contributed by atoms with Crippen molar-refractivity contribution in [3.8, 4) is 0 Å². The summed E-state index contributed by atoms with van der Waals surface area (Å²) in [6.07, 6.45) is 3.72. The zero-order valence-corrected chi connectivity index (χ0v) is 12.1. The van der Waals surface area contributed by atoms with Crippen molar-refractivity contribution < 1.29 is 0 Å². The quantitative estimate of drug-likeness (QED) is 0.776. The maximum Gasteiger partial charge on any atom is 0.149 e. The third-order valence-corrected chi connectivity index (χ3v) is 3.70. The van der Waals surface area contributed by atoms with Crippen molar-refractivity contribution in [3.63, 3.8) is 0 Å². The largest absolute Gasteiger partial charge is 0.361 e. The van der Waals surface area contributed by atoms with Gasteiger partial charge in [-0.25, -0.2) is 0 Å². The molecule has 20 heavy (non-hydrogen) atoms. The lowest BCUT2D eigenvalue weighted by Crippen LogP contribution is -2.20. The fourth-order valence-corrected chi connectivity index (χ4v) is 2.52. The van der Waals surface area contributed by atoms with Gasteiger partial charge in [-0.2, -0.15) is 0 Å². The van der Waals surface area contributed by atoms with Gasteiger partial charge in [-0.05, 0) is 24.6 Å². The minimum absolute atomic E-state index is 0.139. The second kappa shape index (κ2) is 5.26. The van der Waals surface area contributed by atoms with Gasteiger partial charge < -0.3 is 14.9 Å². The molecule has 6 heteroatoms. The molecule has 104 valence electrons. The summed E-state index contributed by atoms with van der Waals surface area (Å²) in [5.41, 5.74) is 2.27. The minimum atomic E-state index is 0.139. The SMILES string of the molecule is CC(NCc1c[nH]c2cc(Cl)ccc12)c1nncn1C. The van der Waals surface area contributed by atoms with E-state index >= 15 is 0 Å². The second-order valence-corrected chi connectivity index (χ2v) is 5.34. The average Bonchev–Trinajstić information content (AvgIpc) is 3.02. The zero-order valence-electron chi connectivity index (χ0n) is 11.4. The summed E-state index contributed by atoms with van der Waals surface area (Å²) in [5, 5.41) is 13.4. The van der Waals surface area contributed by atoms with Crippen LogP contribution in [-0.2, 0) is 13.6 Å². The Kier molecular flexibility index (Phi) is 3.46. The number of aryl methyl sites for hydroxylation is 1. The van der Waals surface area contributed by atoms with Crippen molar-refractivity contribution in [3.05, 3.63) is 47.1 Å². The lowest BCUT2D eigenvalue weighted by molar-refractivity contribution is 0.529. The van der Waals surface area contributed by atoms with Crippen molar-refractivity contribution >= 4 is 22.5 Å². The molecule has 2 aromatic heterocycles. The fourth-order valence-electron chi connectivity index (χ4n) is 2.34.